The first kappa shape index (κ1) is 13.5. The fourth-order valence-corrected chi connectivity index (χ4v) is 2.24. The van der Waals surface area contributed by atoms with Gasteiger partial charge >= 0.3 is 0 Å². The highest BCUT2D eigenvalue weighted by Gasteiger charge is 2.21. The molecule has 3 heteroatoms. The maximum Gasteiger partial charge on any atom is 0.220 e. The number of hydrogen-bond acceptors (Lipinski definition) is 2. The van der Waals surface area contributed by atoms with Crippen molar-refractivity contribution in [3.8, 4) is 0 Å². The molecule has 3 nitrogen and oxygen atoms in total. The third kappa shape index (κ3) is 4.52. The van der Waals surface area contributed by atoms with Crippen LogP contribution in [0, 0.1) is 11.8 Å². The van der Waals surface area contributed by atoms with Crippen LogP contribution in [0.4, 0.5) is 0 Å². The van der Waals surface area contributed by atoms with Gasteiger partial charge in [-0.25, -0.2) is 0 Å². The minimum Gasteiger partial charge on any atom is -0.353 e. The first-order chi connectivity index (χ1) is 7.63. The predicted molar refractivity (Wildman–Crippen MR) is 67.3 cm³/mol. The molecule has 1 fully saturated rings. The highest BCUT2D eigenvalue weighted by atomic mass is 16.1. The van der Waals surface area contributed by atoms with Crippen molar-refractivity contribution < 1.29 is 4.79 Å². The van der Waals surface area contributed by atoms with E-state index in [0.29, 0.717) is 24.3 Å². The van der Waals surface area contributed by atoms with Gasteiger partial charge in [0.25, 0.3) is 0 Å². The molecule has 16 heavy (non-hydrogen) atoms. The Labute approximate surface area is 99.4 Å². The second-order valence-electron chi connectivity index (χ2n) is 5.16. The van der Waals surface area contributed by atoms with Crippen molar-refractivity contribution in [2.75, 3.05) is 13.1 Å². The number of amides is 1. The van der Waals surface area contributed by atoms with Gasteiger partial charge in [0.05, 0.1) is 0 Å². The van der Waals surface area contributed by atoms with Gasteiger partial charge in [0.15, 0.2) is 0 Å². The molecule has 0 radical (unpaired) electrons. The highest BCUT2D eigenvalue weighted by Crippen LogP contribution is 2.16. The predicted octanol–water partition coefficient (Wildman–Crippen LogP) is 1.93. The average molecular weight is 226 g/mol. The lowest BCUT2D eigenvalue weighted by Gasteiger charge is -2.29. The van der Waals surface area contributed by atoms with E-state index in [1.807, 2.05) is 0 Å². The summed E-state index contributed by atoms with van der Waals surface area (Å²) in [7, 11) is 0. The molecule has 0 aliphatic carbocycles. The average Bonchev–Trinajstić information content (AvgIpc) is 2.29. The normalized spacial score (nSPS) is 21.4. The third-order valence-electron chi connectivity index (χ3n) is 3.71. The summed E-state index contributed by atoms with van der Waals surface area (Å²) in [6, 6.07) is 0.332. The first-order valence-corrected chi connectivity index (χ1v) is 6.63. The van der Waals surface area contributed by atoms with E-state index < -0.39 is 0 Å². The summed E-state index contributed by atoms with van der Waals surface area (Å²) in [5.41, 5.74) is 0. The van der Waals surface area contributed by atoms with E-state index in [0.717, 1.165) is 19.5 Å². The van der Waals surface area contributed by atoms with Crippen molar-refractivity contribution in [3.05, 3.63) is 0 Å². The Morgan fingerprint density at radius 2 is 2.00 bits per heavy atom. The van der Waals surface area contributed by atoms with E-state index in [1.165, 1.54) is 12.8 Å². The molecule has 1 amide bonds. The number of carbonyl (C=O) groups is 1. The molecule has 94 valence electrons. The lowest BCUT2D eigenvalue weighted by Crippen LogP contribution is -2.42. The number of hydrogen-bond donors (Lipinski definition) is 2. The minimum absolute atomic E-state index is 0.223. The molecule has 2 N–H and O–H groups in total. The number of carbonyl (C=O) groups excluding carboxylic acids is 1. The topological polar surface area (TPSA) is 41.1 Å². The van der Waals surface area contributed by atoms with Crippen LogP contribution in [0.3, 0.4) is 0 Å². The standard InChI is InChI=1S/C13H26N2O/c1-4-10(2)9-13(16)15-11(3)12-5-7-14-8-6-12/h10-12,14H,4-9H2,1-3H3,(H,15,16). The van der Waals surface area contributed by atoms with Crippen molar-refractivity contribution >= 4 is 5.91 Å². The van der Waals surface area contributed by atoms with Gasteiger partial charge < -0.3 is 10.6 Å². The zero-order valence-corrected chi connectivity index (χ0v) is 10.9. The first-order valence-electron chi connectivity index (χ1n) is 6.63. The summed E-state index contributed by atoms with van der Waals surface area (Å²) >= 11 is 0. The van der Waals surface area contributed by atoms with Gasteiger partial charge in [0.2, 0.25) is 5.91 Å². The molecular formula is C13H26N2O. The van der Waals surface area contributed by atoms with Crippen LogP contribution in [0.1, 0.15) is 46.5 Å². The largest absolute Gasteiger partial charge is 0.353 e. The lowest BCUT2D eigenvalue weighted by molar-refractivity contribution is -0.122. The summed E-state index contributed by atoms with van der Waals surface area (Å²) in [6.45, 7) is 8.60. The lowest BCUT2D eigenvalue weighted by atomic mass is 9.91. The number of piperidine rings is 1. The Morgan fingerprint density at radius 1 is 1.38 bits per heavy atom. The van der Waals surface area contributed by atoms with E-state index in [4.69, 9.17) is 0 Å². The zero-order valence-electron chi connectivity index (χ0n) is 10.9. The molecule has 2 atom stereocenters. The van der Waals surface area contributed by atoms with Gasteiger partial charge in [0, 0.05) is 12.5 Å². The van der Waals surface area contributed by atoms with Crippen molar-refractivity contribution in [1.82, 2.24) is 10.6 Å². The molecule has 1 aliphatic rings. The molecule has 0 aromatic carbocycles. The number of rotatable bonds is 5. The van der Waals surface area contributed by atoms with E-state index in [1.54, 1.807) is 0 Å². The quantitative estimate of drug-likeness (QED) is 0.752. The Hall–Kier alpha value is -0.570. The van der Waals surface area contributed by atoms with Crippen molar-refractivity contribution in [1.29, 1.82) is 0 Å². The monoisotopic (exact) mass is 226 g/mol. The van der Waals surface area contributed by atoms with Crippen molar-refractivity contribution in [2.24, 2.45) is 11.8 Å². The summed E-state index contributed by atoms with van der Waals surface area (Å²) in [6.07, 6.45) is 4.12. The van der Waals surface area contributed by atoms with Gasteiger partial charge in [-0.2, -0.15) is 0 Å². The van der Waals surface area contributed by atoms with E-state index in [9.17, 15) is 4.79 Å². The van der Waals surface area contributed by atoms with Crippen LogP contribution in [0.5, 0.6) is 0 Å². The Kier molecular flexibility index (Phi) is 5.81. The minimum atomic E-state index is 0.223. The van der Waals surface area contributed by atoms with E-state index in [2.05, 4.69) is 31.4 Å². The second kappa shape index (κ2) is 6.89. The number of nitrogens with one attached hydrogen (secondary N) is 2. The van der Waals surface area contributed by atoms with E-state index >= 15 is 0 Å². The SMILES string of the molecule is CCC(C)CC(=O)NC(C)C1CCNCC1. The maximum absolute atomic E-state index is 11.7. The molecule has 0 aromatic rings. The summed E-state index contributed by atoms with van der Waals surface area (Å²) in [4.78, 5) is 11.7. The van der Waals surface area contributed by atoms with Gasteiger partial charge in [-0.3, -0.25) is 4.79 Å². The van der Waals surface area contributed by atoms with Crippen LogP contribution < -0.4 is 10.6 Å². The van der Waals surface area contributed by atoms with Crippen LogP contribution in [-0.4, -0.2) is 25.0 Å². The smallest absolute Gasteiger partial charge is 0.220 e. The fraction of sp³-hybridized carbons (Fsp3) is 0.923. The van der Waals surface area contributed by atoms with Gasteiger partial charge in [-0.15, -0.1) is 0 Å². The molecule has 1 heterocycles. The van der Waals surface area contributed by atoms with Crippen LogP contribution >= 0.6 is 0 Å². The Morgan fingerprint density at radius 3 is 2.56 bits per heavy atom. The molecule has 2 unspecified atom stereocenters. The van der Waals surface area contributed by atoms with Crippen LogP contribution in [0.2, 0.25) is 0 Å². The molecule has 0 spiro atoms. The second-order valence-corrected chi connectivity index (χ2v) is 5.16. The maximum atomic E-state index is 11.7. The van der Waals surface area contributed by atoms with Gasteiger partial charge in [-0.05, 0) is 44.7 Å². The molecule has 0 bridgehead atoms. The van der Waals surface area contributed by atoms with Crippen molar-refractivity contribution in [3.63, 3.8) is 0 Å². The van der Waals surface area contributed by atoms with Gasteiger partial charge in [0.1, 0.15) is 0 Å². The highest BCUT2D eigenvalue weighted by molar-refractivity contribution is 5.76. The van der Waals surface area contributed by atoms with Crippen molar-refractivity contribution in [2.45, 2.75) is 52.5 Å². The van der Waals surface area contributed by atoms with Gasteiger partial charge in [-0.1, -0.05) is 20.3 Å². The molecule has 1 saturated heterocycles. The van der Waals surface area contributed by atoms with Crippen LogP contribution in [0.15, 0.2) is 0 Å². The summed E-state index contributed by atoms with van der Waals surface area (Å²) in [5.74, 6) is 1.38. The molecule has 1 rings (SSSR count). The zero-order chi connectivity index (χ0) is 12.0. The Bertz CT molecular complexity index is 212. The van der Waals surface area contributed by atoms with Crippen LogP contribution in [0.25, 0.3) is 0 Å². The molecule has 0 aromatic heterocycles. The molecule has 0 saturated carbocycles. The molecular weight excluding hydrogens is 200 g/mol. The fourth-order valence-electron chi connectivity index (χ4n) is 2.24. The summed E-state index contributed by atoms with van der Waals surface area (Å²) in [5, 5.41) is 6.50. The van der Waals surface area contributed by atoms with Crippen LogP contribution in [-0.2, 0) is 4.79 Å². The summed E-state index contributed by atoms with van der Waals surface area (Å²) < 4.78 is 0. The molecule has 1 aliphatic heterocycles. The van der Waals surface area contributed by atoms with E-state index in [-0.39, 0.29) is 5.91 Å². The Balaban J connectivity index is 2.26. The third-order valence-corrected chi connectivity index (χ3v) is 3.71.